The number of aryl methyl sites for hydroxylation is 2. The van der Waals surface area contributed by atoms with Crippen LogP contribution in [0.5, 0.6) is 0 Å². The van der Waals surface area contributed by atoms with Crippen molar-refractivity contribution in [1.29, 1.82) is 0 Å². The monoisotopic (exact) mass is 267 g/mol. The summed E-state index contributed by atoms with van der Waals surface area (Å²) in [5.74, 6) is -1.07. The van der Waals surface area contributed by atoms with Gasteiger partial charge in [-0.3, -0.25) is 0 Å². The normalized spacial score (nSPS) is 10.9. The van der Waals surface area contributed by atoms with Crippen molar-refractivity contribution >= 4 is 16.7 Å². The van der Waals surface area contributed by atoms with E-state index in [1.807, 2.05) is 37.3 Å². The molecule has 0 atom stereocenters. The summed E-state index contributed by atoms with van der Waals surface area (Å²) in [7, 11) is 1.69. The van der Waals surface area contributed by atoms with Gasteiger partial charge in [-0.05, 0) is 23.8 Å². The van der Waals surface area contributed by atoms with Crippen molar-refractivity contribution in [3.05, 3.63) is 47.7 Å². The highest BCUT2D eigenvalue weighted by Gasteiger charge is 2.18. The van der Waals surface area contributed by atoms with Gasteiger partial charge in [0.1, 0.15) is 5.69 Å². The summed E-state index contributed by atoms with van der Waals surface area (Å²) in [5, 5.41) is 18.9. The number of carboxylic acids is 1. The number of hydrogen-bond donors (Lipinski definition) is 1. The zero-order valence-corrected chi connectivity index (χ0v) is 11.2. The Kier molecular flexibility index (Phi) is 2.75. The van der Waals surface area contributed by atoms with E-state index >= 15 is 0 Å². The zero-order chi connectivity index (χ0) is 14.3. The second kappa shape index (κ2) is 4.45. The van der Waals surface area contributed by atoms with E-state index in [1.165, 1.54) is 10.2 Å². The lowest BCUT2D eigenvalue weighted by Gasteiger charge is -2.05. The third-order valence-electron chi connectivity index (χ3n) is 3.30. The fourth-order valence-electron chi connectivity index (χ4n) is 2.34. The van der Waals surface area contributed by atoms with Crippen LogP contribution in [-0.4, -0.2) is 26.1 Å². The highest BCUT2D eigenvalue weighted by atomic mass is 16.4. The van der Waals surface area contributed by atoms with Crippen LogP contribution >= 0.6 is 0 Å². The Balaban J connectivity index is 2.22. The van der Waals surface area contributed by atoms with Crippen LogP contribution in [0.25, 0.3) is 22.0 Å². The van der Waals surface area contributed by atoms with Crippen LogP contribution in [0.1, 0.15) is 16.1 Å². The SMILES string of the molecule is Cc1ccc2cc(-c3c(C(=O)O)nnn3C)ccc2c1. The molecule has 20 heavy (non-hydrogen) atoms. The van der Waals surface area contributed by atoms with Crippen molar-refractivity contribution in [2.24, 2.45) is 7.05 Å². The first-order chi connectivity index (χ1) is 9.56. The van der Waals surface area contributed by atoms with E-state index in [1.54, 1.807) is 7.05 Å². The largest absolute Gasteiger partial charge is 0.476 e. The molecule has 0 aliphatic rings. The molecule has 0 unspecified atom stereocenters. The Morgan fingerprint density at radius 1 is 1.15 bits per heavy atom. The minimum Gasteiger partial charge on any atom is -0.476 e. The average molecular weight is 267 g/mol. The zero-order valence-electron chi connectivity index (χ0n) is 11.2. The molecule has 1 N–H and O–H groups in total. The maximum absolute atomic E-state index is 11.2. The lowest BCUT2D eigenvalue weighted by atomic mass is 10.0. The van der Waals surface area contributed by atoms with Gasteiger partial charge in [0.05, 0.1) is 0 Å². The van der Waals surface area contributed by atoms with Crippen LogP contribution in [0.3, 0.4) is 0 Å². The predicted octanol–water partition coefficient (Wildman–Crippen LogP) is 2.64. The molecule has 0 aliphatic carbocycles. The summed E-state index contributed by atoms with van der Waals surface area (Å²) in [6.45, 7) is 2.04. The standard InChI is InChI=1S/C15H13N3O2/c1-9-3-4-11-8-12(6-5-10(11)7-9)14-13(15(19)20)16-17-18(14)2/h3-8H,1-2H3,(H,19,20). The molecule has 0 saturated carbocycles. The Morgan fingerprint density at radius 2 is 1.85 bits per heavy atom. The lowest BCUT2D eigenvalue weighted by molar-refractivity contribution is 0.0691. The first-order valence-corrected chi connectivity index (χ1v) is 6.20. The van der Waals surface area contributed by atoms with Crippen molar-refractivity contribution < 1.29 is 9.90 Å². The van der Waals surface area contributed by atoms with Crippen molar-refractivity contribution in [3.8, 4) is 11.3 Å². The molecule has 1 aromatic heterocycles. The molecule has 3 aromatic rings. The summed E-state index contributed by atoms with van der Waals surface area (Å²) in [5.41, 5.74) is 2.48. The minimum absolute atomic E-state index is 0.0287. The first kappa shape index (κ1) is 12.3. The van der Waals surface area contributed by atoms with Gasteiger partial charge in [0.25, 0.3) is 0 Å². The van der Waals surface area contributed by atoms with E-state index in [2.05, 4.69) is 16.4 Å². The van der Waals surface area contributed by atoms with E-state index in [-0.39, 0.29) is 5.69 Å². The number of nitrogens with zero attached hydrogens (tertiary/aromatic N) is 3. The number of benzene rings is 2. The number of hydrogen-bond acceptors (Lipinski definition) is 3. The molecular weight excluding hydrogens is 254 g/mol. The third-order valence-corrected chi connectivity index (χ3v) is 3.30. The molecule has 0 saturated heterocycles. The molecule has 3 rings (SSSR count). The Hall–Kier alpha value is -2.69. The quantitative estimate of drug-likeness (QED) is 0.775. The molecule has 100 valence electrons. The number of aromatic carboxylic acids is 1. The minimum atomic E-state index is -1.07. The summed E-state index contributed by atoms with van der Waals surface area (Å²) in [6, 6.07) is 12.0. The fourth-order valence-corrected chi connectivity index (χ4v) is 2.34. The van der Waals surface area contributed by atoms with E-state index in [0.29, 0.717) is 5.69 Å². The highest BCUT2D eigenvalue weighted by Crippen LogP contribution is 2.26. The smallest absolute Gasteiger partial charge is 0.358 e. The second-order valence-corrected chi connectivity index (χ2v) is 4.78. The van der Waals surface area contributed by atoms with Gasteiger partial charge in [-0.15, -0.1) is 5.10 Å². The van der Waals surface area contributed by atoms with Crippen molar-refractivity contribution in [2.45, 2.75) is 6.92 Å². The summed E-state index contributed by atoms with van der Waals surface area (Å²) < 4.78 is 1.48. The van der Waals surface area contributed by atoms with E-state index < -0.39 is 5.97 Å². The van der Waals surface area contributed by atoms with E-state index in [9.17, 15) is 9.90 Å². The Bertz CT molecular complexity index is 821. The molecule has 0 aliphatic heterocycles. The molecule has 5 nitrogen and oxygen atoms in total. The molecule has 0 spiro atoms. The topological polar surface area (TPSA) is 68.0 Å². The summed E-state index contributed by atoms with van der Waals surface area (Å²) in [6.07, 6.45) is 0. The van der Waals surface area contributed by atoms with Gasteiger partial charge >= 0.3 is 5.97 Å². The van der Waals surface area contributed by atoms with E-state index in [4.69, 9.17) is 0 Å². The van der Waals surface area contributed by atoms with Gasteiger partial charge in [0.15, 0.2) is 5.69 Å². The maximum atomic E-state index is 11.2. The van der Waals surface area contributed by atoms with Crippen LogP contribution < -0.4 is 0 Å². The van der Waals surface area contributed by atoms with Gasteiger partial charge in [-0.1, -0.05) is 41.1 Å². The Morgan fingerprint density at radius 3 is 2.60 bits per heavy atom. The van der Waals surface area contributed by atoms with Crippen LogP contribution in [-0.2, 0) is 7.05 Å². The summed E-state index contributed by atoms with van der Waals surface area (Å²) in [4.78, 5) is 11.2. The molecule has 0 fully saturated rings. The van der Waals surface area contributed by atoms with Crippen LogP contribution in [0.4, 0.5) is 0 Å². The van der Waals surface area contributed by atoms with Crippen molar-refractivity contribution in [1.82, 2.24) is 15.0 Å². The lowest BCUT2D eigenvalue weighted by Crippen LogP contribution is -2.01. The number of carbonyl (C=O) groups is 1. The molecule has 0 radical (unpaired) electrons. The van der Waals surface area contributed by atoms with Gasteiger partial charge < -0.3 is 5.11 Å². The molecular formula is C15H13N3O2. The summed E-state index contributed by atoms with van der Waals surface area (Å²) >= 11 is 0. The van der Waals surface area contributed by atoms with Gasteiger partial charge in [-0.25, -0.2) is 9.48 Å². The number of aromatic nitrogens is 3. The fraction of sp³-hybridized carbons (Fsp3) is 0.133. The Labute approximate surface area is 115 Å². The van der Waals surface area contributed by atoms with Gasteiger partial charge in [0, 0.05) is 12.6 Å². The molecule has 5 heteroatoms. The maximum Gasteiger partial charge on any atom is 0.358 e. The van der Waals surface area contributed by atoms with Crippen LogP contribution in [0, 0.1) is 6.92 Å². The molecule has 0 amide bonds. The second-order valence-electron chi connectivity index (χ2n) is 4.78. The molecule has 2 aromatic carbocycles. The predicted molar refractivity (Wildman–Crippen MR) is 75.6 cm³/mol. The van der Waals surface area contributed by atoms with E-state index in [0.717, 1.165) is 16.3 Å². The van der Waals surface area contributed by atoms with Crippen molar-refractivity contribution in [3.63, 3.8) is 0 Å². The molecule has 1 heterocycles. The van der Waals surface area contributed by atoms with Gasteiger partial charge in [-0.2, -0.15) is 0 Å². The van der Waals surface area contributed by atoms with Crippen LogP contribution in [0.2, 0.25) is 0 Å². The molecule has 0 bridgehead atoms. The highest BCUT2D eigenvalue weighted by molar-refractivity contribution is 5.95. The average Bonchev–Trinajstić information content (AvgIpc) is 2.80. The third kappa shape index (κ3) is 1.93. The number of rotatable bonds is 2. The number of carboxylic acid groups (broad SMARTS) is 1. The van der Waals surface area contributed by atoms with Gasteiger partial charge in [0.2, 0.25) is 0 Å². The first-order valence-electron chi connectivity index (χ1n) is 6.20. The number of fused-ring (bicyclic) bond motifs is 1. The van der Waals surface area contributed by atoms with Crippen molar-refractivity contribution in [2.75, 3.05) is 0 Å². The van der Waals surface area contributed by atoms with Crippen LogP contribution in [0.15, 0.2) is 36.4 Å².